The molecule has 1 aromatic heterocycles. The van der Waals surface area contributed by atoms with Gasteiger partial charge in [-0.2, -0.15) is 0 Å². The molecule has 0 aliphatic heterocycles. The Bertz CT molecular complexity index is 357. The summed E-state index contributed by atoms with van der Waals surface area (Å²) in [5.41, 5.74) is 5.67. The van der Waals surface area contributed by atoms with E-state index in [1.807, 2.05) is 4.90 Å². The molecule has 1 heterocycles. The van der Waals surface area contributed by atoms with E-state index in [4.69, 9.17) is 22.4 Å². The van der Waals surface area contributed by atoms with Crippen molar-refractivity contribution in [3.05, 3.63) is 11.3 Å². The molecule has 6 heteroatoms. The largest absolute Gasteiger partial charge is 0.395 e. The minimum absolute atomic E-state index is 0.0523. The fourth-order valence-electron chi connectivity index (χ4n) is 1.87. The third kappa shape index (κ3) is 3.20. The van der Waals surface area contributed by atoms with Crippen LogP contribution >= 0.6 is 11.6 Å². The second-order valence-corrected chi connectivity index (χ2v) is 4.16. The second-order valence-electron chi connectivity index (χ2n) is 3.78. The van der Waals surface area contributed by atoms with E-state index < -0.39 is 0 Å². The number of anilines is 2. The van der Waals surface area contributed by atoms with Gasteiger partial charge in [0.25, 0.3) is 0 Å². The molecule has 0 amide bonds. The Morgan fingerprint density at radius 1 is 1.41 bits per heavy atom. The summed E-state index contributed by atoms with van der Waals surface area (Å²) in [5, 5.41) is 9.49. The summed E-state index contributed by atoms with van der Waals surface area (Å²) in [7, 11) is 0. The number of hydrogen-bond donors (Lipinski definition) is 2. The highest BCUT2D eigenvalue weighted by atomic mass is 35.5. The maximum atomic E-state index is 9.14. The SMILES string of the molecule is CCC(CC)N(CCO)c1ncnc(N)c1Cl. The number of rotatable bonds is 6. The molecule has 0 aromatic carbocycles. The molecule has 0 aliphatic rings. The zero-order valence-electron chi connectivity index (χ0n) is 10.2. The highest BCUT2D eigenvalue weighted by molar-refractivity contribution is 6.35. The van der Waals surface area contributed by atoms with E-state index >= 15 is 0 Å². The lowest BCUT2D eigenvalue weighted by molar-refractivity contribution is 0.295. The molecule has 0 spiro atoms. The van der Waals surface area contributed by atoms with E-state index in [0.717, 1.165) is 12.8 Å². The number of aromatic nitrogens is 2. The Morgan fingerprint density at radius 2 is 2.06 bits per heavy atom. The fraction of sp³-hybridized carbons (Fsp3) is 0.636. The normalized spacial score (nSPS) is 10.9. The Kier molecular flexibility index (Phi) is 5.44. The molecular formula is C11H19ClN4O. The van der Waals surface area contributed by atoms with Gasteiger partial charge in [-0.25, -0.2) is 9.97 Å². The van der Waals surface area contributed by atoms with Gasteiger partial charge in [0.2, 0.25) is 0 Å². The van der Waals surface area contributed by atoms with E-state index in [1.54, 1.807) is 0 Å². The number of hydrogen-bond acceptors (Lipinski definition) is 5. The van der Waals surface area contributed by atoms with Crippen molar-refractivity contribution in [2.45, 2.75) is 32.7 Å². The summed E-state index contributed by atoms with van der Waals surface area (Å²) < 4.78 is 0. The van der Waals surface area contributed by atoms with Crippen molar-refractivity contribution >= 4 is 23.2 Å². The van der Waals surface area contributed by atoms with Crippen molar-refractivity contribution in [2.75, 3.05) is 23.8 Å². The third-order valence-electron chi connectivity index (χ3n) is 2.79. The number of aliphatic hydroxyl groups is 1. The lowest BCUT2D eigenvalue weighted by Crippen LogP contribution is -2.37. The van der Waals surface area contributed by atoms with E-state index in [-0.39, 0.29) is 18.5 Å². The van der Waals surface area contributed by atoms with Gasteiger partial charge in [-0.1, -0.05) is 25.4 Å². The van der Waals surface area contributed by atoms with E-state index in [1.165, 1.54) is 6.33 Å². The zero-order chi connectivity index (χ0) is 12.8. The molecular weight excluding hydrogens is 240 g/mol. The van der Waals surface area contributed by atoms with Gasteiger partial charge in [0, 0.05) is 12.6 Å². The smallest absolute Gasteiger partial charge is 0.153 e. The van der Waals surface area contributed by atoms with Crippen LogP contribution in [0.1, 0.15) is 26.7 Å². The first-order valence-electron chi connectivity index (χ1n) is 5.79. The molecule has 1 rings (SSSR count). The fourth-order valence-corrected chi connectivity index (χ4v) is 2.08. The highest BCUT2D eigenvalue weighted by Gasteiger charge is 2.20. The minimum atomic E-state index is 0.0523. The van der Waals surface area contributed by atoms with Crippen LogP contribution in [0, 0.1) is 0 Å². The first-order chi connectivity index (χ1) is 8.15. The molecule has 0 bridgehead atoms. The van der Waals surface area contributed by atoms with E-state index in [2.05, 4.69) is 23.8 Å². The summed E-state index contributed by atoms with van der Waals surface area (Å²) in [6, 6.07) is 0.286. The Balaban J connectivity index is 3.08. The zero-order valence-corrected chi connectivity index (χ0v) is 11.0. The predicted octanol–water partition coefficient (Wildman–Crippen LogP) is 1.70. The minimum Gasteiger partial charge on any atom is -0.395 e. The predicted molar refractivity (Wildman–Crippen MR) is 70.3 cm³/mol. The molecule has 96 valence electrons. The first-order valence-corrected chi connectivity index (χ1v) is 6.16. The van der Waals surface area contributed by atoms with Crippen molar-refractivity contribution < 1.29 is 5.11 Å². The Labute approximate surface area is 107 Å². The monoisotopic (exact) mass is 258 g/mol. The topological polar surface area (TPSA) is 75.3 Å². The molecule has 0 radical (unpaired) electrons. The van der Waals surface area contributed by atoms with Crippen LogP contribution in [0.4, 0.5) is 11.6 Å². The number of aliphatic hydroxyl groups excluding tert-OH is 1. The maximum absolute atomic E-state index is 9.14. The van der Waals surface area contributed by atoms with Gasteiger partial charge in [-0.3, -0.25) is 0 Å². The van der Waals surface area contributed by atoms with Crippen LogP contribution in [-0.2, 0) is 0 Å². The molecule has 0 unspecified atom stereocenters. The molecule has 0 saturated heterocycles. The number of halogens is 1. The second kappa shape index (κ2) is 6.61. The number of nitrogens with zero attached hydrogens (tertiary/aromatic N) is 3. The molecule has 17 heavy (non-hydrogen) atoms. The number of nitrogen functional groups attached to an aromatic ring is 1. The third-order valence-corrected chi connectivity index (χ3v) is 3.16. The Hall–Kier alpha value is -1.07. The molecule has 3 N–H and O–H groups in total. The van der Waals surface area contributed by atoms with Crippen LogP contribution in [0.5, 0.6) is 0 Å². The molecule has 0 aliphatic carbocycles. The molecule has 5 nitrogen and oxygen atoms in total. The van der Waals surface area contributed by atoms with Gasteiger partial charge < -0.3 is 15.7 Å². The van der Waals surface area contributed by atoms with Gasteiger partial charge in [-0.15, -0.1) is 0 Å². The summed E-state index contributed by atoms with van der Waals surface area (Å²) in [6.07, 6.45) is 3.30. The van der Waals surface area contributed by atoms with Crippen molar-refractivity contribution in [2.24, 2.45) is 0 Å². The van der Waals surface area contributed by atoms with Gasteiger partial charge >= 0.3 is 0 Å². The maximum Gasteiger partial charge on any atom is 0.153 e. The van der Waals surface area contributed by atoms with E-state index in [9.17, 15) is 0 Å². The van der Waals surface area contributed by atoms with Gasteiger partial charge in [0.15, 0.2) is 5.82 Å². The molecule has 0 atom stereocenters. The lowest BCUT2D eigenvalue weighted by Gasteiger charge is -2.31. The van der Waals surface area contributed by atoms with Crippen LogP contribution in [0.15, 0.2) is 6.33 Å². The van der Waals surface area contributed by atoms with Crippen molar-refractivity contribution in [3.63, 3.8) is 0 Å². The van der Waals surface area contributed by atoms with Crippen molar-refractivity contribution in [1.29, 1.82) is 0 Å². The number of nitrogens with two attached hydrogens (primary N) is 1. The van der Waals surface area contributed by atoms with Gasteiger partial charge in [0.1, 0.15) is 17.2 Å². The Morgan fingerprint density at radius 3 is 2.59 bits per heavy atom. The van der Waals surface area contributed by atoms with Gasteiger partial charge in [-0.05, 0) is 12.8 Å². The average molecular weight is 259 g/mol. The molecule has 0 saturated carbocycles. The molecule has 0 fully saturated rings. The van der Waals surface area contributed by atoms with Crippen LogP contribution in [0.2, 0.25) is 5.02 Å². The average Bonchev–Trinajstić information content (AvgIpc) is 2.33. The van der Waals surface area contributed by atoms with Gasteiger partial charge in [0.05, 0.1) is 6.61 Å². The van der Waals surface area contributed by atoms with Crippen molar-refractivity contribution in [1.82, 2.24) is 9.97 Å². The van der Waals surface area contributed by atoms with Crippen LogP contribution in [0.3, 0.4) is 0 Å². The molecule has 1 aromatic rings. The summed E-state index contributed by atoms with van der Waals surface area (Å²) >= 11 is 6.11. The summed E-state index contributed by atoms with van der Waals surface area (Å²) in [6.45, 7) is 4.73. The lowest BCUT2D eigenvalue weighted by atomic mass is 10.1. The standard InChI is InChI=1S/C11H19ClN4O/c1-3-8(4-2)16(5-6-17)11-9(12)10(13)14-7-15-11/h7-8,17H,3-6H2,1-2H3,(H2,13,14,15). The first kappa shape index (κ1) is 14.0. The van der Waals surface area contributed by atoms with Crippen LogP contribution in [0.25, 0.3) is 0 Å². The van der Waals surface area contributed by atoms with E-state index in [0.29, 0.717) is 17.4 Å². The summed E-state index contributed by atoms with van der Waals surface area (Å²) in [4.78, 5) is 9.99. The van der Waals surface area contributed by atoms with Crippen molar-refractivity contribution in [3.8, 4) is 0 Å². The highest BCUT2D eigenvalue weighted by Crippen LogP contribution is 2.29. The van der Waals surface area contributed by atoms with Crippen LogP contribution in [-0.4, -0.2) is 34.3 Å². The summed E-state index contributed by atoms with van der Waals surface area (Å²) in [5.74, 6) is 0.868. The van der Waals surface area contributed by atoms with Crippen LogP contribution < -0.4 is 10.6 Å². The quantitative estimate of drug-likeness (QED) is 0.812.